The number of nitrogens with one attached hydrogen (secondary N) is 1. The normalized spacial score (nSPS) is 18.6. The summed E-state index contributed by atoms with van der Waals surface area (Å²) in [4.78, 5) is 7.78. The molecule has 0 saturated carbocycles. The van der Waals surface area contributed by atoms with Crippen LogP contribution in [-0.4, -0.2) is 40.0 Å². The van der Waals surface area contributed by atoms with Crippen molar-refractivity contribution in [3.8, 4) is 0 Å². The minimum atomic E-state index is 0.383. The first-order valence-corrected chi connectivity index (χ1v) is 12.0. The summed E-state index contributed by atoms with van der Waals surface area (Å²) in [6.45, 7) is 10.6. The molecule has 9 nitrogen and oxygen atoms in total. The molecule has 0 radical (unpaired) electrons. The average Bonchev–Trinajstić information content (AvgIpc) is 3.44. The second-order valence-corrected chi connectivity index (χ2v) is 10.2. The summed E-state index contributed by atoms with van der Waals surface area (Å²) < 4.78 is 4.01. The van der Waals surface area contributed by atoms with E-state index in [2.05, 4.69) is 70.7 Å². The zero-order valence-corrected chi connectivity index (χ0v) is 19.8. The second-order valence-electron chi connectivity index (χ2n) is 10.2. The van der Waals surface area contributed by atoms with Crippen LogP contribution in [0.1, 0.15) is 63.3 Å². The van der Waals surface area contributed by atoms with Gasteiger partial charge in [0.15, 0.2) is 5.95 Å². The zero-order chi connectivity index (χ0) is 22.7. The molecule has 1 aliphatic carbocycles. The van der Waals surface area contributed by atoms with E-state index in [1.54, 1.807) is 0 Å². The molecule has 3 heterocycles. The largest absolute Gasteiger partial charge is 0.369 e. The van der Waals surface area contributed by atoms with Crippen molar-refractivity contribution in [2.45, 2.75) is 79.3 Å². The van der Waals surface area contributed by atoms with E-state index < -0.39 is 0 Å². The van der Waals surface area contributed by atoms with Gasteiger partial charge in [0.2, 0.25) is 0 Å². The fraction of sp³-hybridized carbons (Fsp3) is 0.696. The van der Waals surface area contributed by atoms with Crippen molar-refractivity contribution in [2.75, 3.05) is 5.73 Å². The van der Waals surface area contributed by atoms with Gasteiger partial charge in [-0.2, -0.15) is 0 Å². The monoisotopic (exact) mass is 439 g/mol. The maximum Gasteiger partial charge on any atom is 0.197 e. The fourth-order valence-corrected chi connectivity index (χ4v) is 4.51. The Morgan fingerprint density at radius 2 is 1.44 bits per heavy atom. The third-order valence-electron chi connectivity index (χ3n) is 6.44. The van der Waals surface area contributed by atoms with Gasteiger partial charge < -0.3 is 10.7 Å². The minimum absolute atomic E-state index is 0.383. The first-order valence-electron chi connectivity index (χ1n) is 12.0. The van der Waals surface area contributed by atoms with Gasteiger partial charge in [-0.3, -0.25) is 9.36 Å². The topological polar surface area (TPSA) is 116 Å². The van der Waals surface area contributed by atoms with Gasteiger partial charge in [-0.15, -0.1) is 10.2 Å². The van der Waals surface area contributed by atoms with Crippen molar-refractivity contribution in [1.29, 1.82) is 0 Å². The Labute approximate surface area is 190 Å². The number of rotatable bonds is 10. The molecule has 4 rings (SSSR count). The summed E-state index contributed by atoms with van der Waals surface area (Å²) in [5.41, 5.74) is 10.3. The van der Waals surface area contributed by atoms with E-state index in [0.717, 1.165) is 74.4 Å². The number of imidazole rings is 1. The number of nitrogens with two attached hydrogens (primary N) is 1. The van der Waals surface area contributed by atoms with Gasteiger partial charge in [-0.05, 0) is 62.2 Å². The lowest BCUT2D eigenvalue weighted by Crippen LogP contribution is -2.32. The molecule has 9 heteroatoms. The van der Waals surface area contributed by atoms with Gasteiger partial charge in [-0.25, -0.2) is 4.98 Å². The smallest absolute Gasteiger partial charge is 0.197 e. The van der Waals surface area contributed by atoms with Crippen molar-refractivity contribution in [1.82, 2.24) is 40.0 Å². The summed E-state index contributed by atoms with van der Waals surface area (Å²) in [6.07, 6.45) is 10.2. The summed E-state index contributed by atoms with van der Waals surface area (Å²) in [7, 11) is 0. The lowest BCUT2D eigenvalue weighted by atomic mass is 9.79. The molecule has 0 fully saturated rings. The van der Waals surface area contributed by atoms with Crippen LogP contribution in [0.3, 0.4) is 0 Å². The third-order valence-corrected chi connectivity index (χ3v) is 6.44. The van der Waals surface area contributed by atoms with Gasteiger partial charge in [0.1, 0.15) is 0 Å². The van der Waals surface area contributed by atoms with Crippen LogP contribution >= 0.6 is 0 Å². The summed E-state index contributed by atoms with van der Waals surface area (Å²) >= 11 is 0. The van der Waals surface area contributed by atoms with Gasteiger partial charge >= 0.3 is 0 Å². The van der Waals surface area contributed by atoms with E-state index in [1.165, 1.54) is 0 Å². The number of aromatic amines is 1. The molecule has 0 aliphatic heterocycles. The number of H-pyrrole nitrogens is 1. The molecule has 32 heavy (non-hydrogen) atoms. The number of anilines is 1. The predicted octanol–water partition coefficient (Wildman–Crippen LogP) is 3.08. The van der Waals surface area contributed by atoms with E-state index in [0.29, 0.717) is 29.6 Å². The molecular weight excluding hydrogens is 402 g/mol. The van der Waals surface area contributed by atoms with Crippen LogP contribution in [0.2, 0.25) is 0 Å². The number of nitrogen functional groups attached to an aromatic ring is 1. The van der Waals surface area contributed by atoms with Crippen molar-refractivity contribution < 1.29 is 0 Å². The van der Waals surface area contributed by atoms with Crippen molar-refractivity contribution in [3.05, 3.63) is 35.2 Å². The highest BCUT2D eigenvalue weighted by Gasteiger charge is 2.32. The zero-order valence-electron chi connectivity index (χ0n) is 19.8. The van der Waals surface area contributed by atoms with Gasteiger partial charge in [0.25, 0.3) is 0 Å². The maximum absolute atomic E-state index is 5.95. The van der Waals surface area contributed by atoms with Crippen molar-refractivity contribution in [2.24, 2.45) is 23.7 Å². The fourth-order valence-electron chi connectivity index (χ4n) is 4.51. The molecule has 2 atom stereocenters. The van der Waals surface area contributed by atoms with Gasteiger partial charge in [-0.1, -0.05) is 38.1 Å². The average molecular weight is 440 g/mol. The highest BCUT2D eigenvalue weighted by molar-refractivity contribution is 5.28. The quantitative estimate of drug-likeness (QED) is 0.501. The molecule has 0 bridgehead atoms. The second kappa shape index (κ2) is 9.83. The van der Waals surface area contributed by atoms with Crippen LogP contribution in [-0.2, 0) is 38.8 Å². The van der Waals surface area contributed by atoms with Crippen LogP contribution in [0.4, 0.5) is 5.95 Å². The van der Waals surface area contributed by atoms with Crippen molar-refractivity contribution >= 4 is 5.95 Å². The van der Waals surface area contributed by atoms with Crippen molar-refractivity contribution in [3.63, 3.8) is 0 Å². The Hall–Kier alpha value is -2.71. The van der Waals surface area contributed by atoms with E-state index in [4.69, 9.17) is 5.73 Å². The number of nitrogens with zero attached hydrogens (tertiary/aromatic N) is 7. The maximum atomic E-state index is 5.95. The Morgan fingerprint density at radius 3 is 1.97 bits per heavy atom. The Bertz CT molecular complexity index is 919. The lowest BCUT2D eigenvalue weighted by Gasteiger charge is -2.30. The van der Waals surface area contributed by atoms with Gasteiger partial charge in [0.05, 0.1) is 17.1 Å². The third kappa shape index (κ3) is 5.75. The molecule has 3 aromatic rings. The molecule has 0 unspecified atom stereocenters. The van der Waals surface area contributed by atoms with Gasteiger partial charge in [0, 0.05) is 31.2 Å². The van der Waals surface area contributed by atoms with E-state index >= 15 is 0 Å². The molecule has 3 aromatic heterocycles. The minimum Gasteiger partial charge on any atom is -0.369 e. The molecular formula is C23H37N9. The molecule has 0 saturated heterocycles. The molecule has 0 spiro atoms. The molecule has 0 amide bonds. The highest BCUT2D eigenvalue weighted by Crippen LogP contribution is 2.32. The Morgan fingerprint density at radius 1 is 0.906 bits per heavy atom. The predicted molar refractivity (Wildman–Crippen MR) is 124 cm³/mol. The number of hydrogen-bond acceptors (Lipinski definition) is 6. The SMILES string of the molecule is CC(C)CCc1cn(C[C@@H]2Cc3nc(N)[nH]c3C[C@H]2Cn2cc(CCC(C)C)nn2)nn1. The number of aromatic nitrogens is 8. The molecule has 3 N–H and O–H groups in total. The van der Waals surface area contributed by atoms with Crippen LogP contribution < -0.4 is 5.73 Å². The Kier molecular flexibility index (Phi) is 6.91. The first-order chi connectivity index (χ1) is 15.4. The Balaban J connectivity index is 1.46. The molecule has 0 aromatic carbocycles. The van der Waals surface area contributed by atoms with Crippen LogP contribution in [0.25, 0.3) is 0 Å². The summed E-state index contributed by atoms with van der Waals surface area (Å²) in [5, 5.41) is 17.6. The van der Waals surface area contributed by atoms with Crippen LogP contribution in [0.5, 0.6) is 0 Å². The molecule has 174 valence electrons. The summed E-state index contributed by atoms with van der Waals surface area (Å²) in [5.74, 6) is 2.61. The number of fused-ring (bicyclic) bond motifs is 1. The first kappa shape index (κ1) is 22.5. The molecule has 1 aliphatic rings. The van der Waals surface area contributed by atoms with E-state index in [1.807, 2.05) is 9.36 Å². The highest BCUT2D eigenvalue weighted by atomic mass is 15.4. The van der Waals surface area contributed by atoms with E-state index in [-0.39, 0.29) is 0 Å². The lowest BCUT2D eigenvalue weighted by molar-refractivity contribution is 0.224. The van der Waals surface area contributed by atoms with E-state index in [9.17, 15) is 0 Å². The van der Waals surface area contributed by atoms with Crippen LogP contribution in [0, 0.1) is 23.7 Å². The standard InChI is InChI=1S/C23H37N9/c1-15(2)5-7-19-13-31(29-27-19)11-17-9-21-22(26-23(24)25-21)10-18(17)12-32-14-20(28-30-32)8-6-16(3)4/h13-18H,5-12H2,1-4H3,(H3,24,25,26)/t17-,18-/m0/s1. The number of hydrogen-bond donors (Lipinski definition) is 2. The van der Waals surface area contributed by atoms with Crippen LogP contribution in [0.15, 0.2) is 12.4 Å². The summed E-state index contributed by atoms with van der Waals surface area (Å²) in [6, 6.07) is 0. The number of aryl methyl sites for hydroxylation is 2.